The predicted octanol–water partition coefficient (Wildman–Crippen LogP) is 5.77. The normalized spacial score (nSPS) is 13.4. The first-order valence-electron chi connectivity index (χ1n) is 12.8. The lowest BCUT2D eigenvalue weighted by Crippen LogP contribution is -2.46. The standard InChI is InChI=1S/C25H36N4O4.C2H6.CH4S/c1-25(2,3)33-24(30)29-13-10-20(11-14-29)27-17-19-7-6-12-26-23(19)28-16-18-8-9-21(31-4)15-22(18)32-5;2*1-2/h6-9,12,15,20,27H,10-11,13-14,16-17H2,1-5H3,(H,26,28);1-2H3;2H,1H3. The number of methoxy groups -OCH3 is 2. The molecule has 0 saturated carbocycles. The number of aromatic nitrogens is 1. The number of pyridine rings is 1. The Morgan fingerprint density at radius 3 is 2.32 bits per heavy atom. The molecule has 2 aromatic rings. The fraction of sp³-hybridized carbons (Fsp3) is 0.571. The maximum Gasteiger partial charge on any atom is 0.410 e. The molecular formula is C28H46N4O4S. The van der Waals surface area contributed by atoms with Gasteiger partial charge in [0.15, 0.2) is 0 Å². The van der Waals surface area contributed by atoms with E-state index < -0.39 is 5.60 Å². The topological polar surface area (TPSA) is 85.0 Å². The molecule has 9 heteroatoms. The van der Waals surface area contributed by atoms with Gasteiger partial charge in [-0.3, -0.25) is 0 Å². The molecule has 1 saturated heterocycles. The Balaban J connectivity index is 0.00000163. The molecule has 208 valence electrons. The van der Waals surface area contributed by atoms with E-state index in [0.29, 0.717) is 32.2 Å². The molecule has 37 heavy (non-hydrogen) atoms. The van der Waals surface area contributed by atoms with Crippen LogP contribution in [0.3, 0.4) is 0 Å². The Morgan fingerprint density at radius 2 is 1.73 bits per heavy atom. The van der Waals surface area contributed by atoms with Crippen LogP contribution in [0.4, 0.5) is 10.6 Å². The van der Waals surface area contributed by atoms with Crippen molar-refractivity contribution in [2.24, 2.45) is 0 Å². The van der Waals surface area contributed by atoms with E-state index in [1.165, 1.54) is 0 Å². The quantitative estimate of drug-likeness (QED) is 0.371. The molecule has 0 atom stereocenters. The maximum atomic E-state index is 12.3. The lowest BCUT2D eigenvalue weighted by molar-refractivity contribution is 0.0198. The minimum Gasteiger partial charge on any atom is -0.497 e. The molecule has 3 rings (SSSR count). The molecule has 0 unspecified atom stereocenters. The molecule has 0 spiro atoms. The van der Waals surface area contributed by atoms with E-state index in [-0.39, 0.29) is 6.09 Å². The minimum absolute atomic E-state index is 0.228. The molecule has 1 aliphatic heterocycles. The average Bonchev–Trinajstić information content (AvgIpc) is 2.92. The van der Waals surface area contributed by atoms with Crippen molar-refractivity contribution in [2.45, 2.75) is 72.2 Å². The Labute approximate surface area is 228 Å². The summed E-state index contributed by atoms with van der Waals surface area (Å²) in [6.07, 6.45) is 5.04. The smallest absolute Gasteiger partial charge is 0.410 e. The van der Waals surface area contributed by atoms with Gasteiger partial charge in [-0.2, -0.15) is 12.6 Å². The van der Waals surface area contributed by atoms with Gasteiger partial charge in [-0.15, -0.1) is 0 Å². The van der Waals surface area contributed by atoms with Gasteiger partial charge in [0.1, 0.15) is 22.9 Å². The van der Waals surface area contributed by atoms with E-state index >= 15 is 0 Å². The zero-order valence-corrected chi connectivity index (χ0v) is 24.7. The second-order valence-corrected chi connectivity index (χ2v) is 9.17. The molecule has 1 amide bonds. The first-order chi connectivity index (χ1) is 17.8. The molecule has 0 radical (unpaired) electrons. The SMILES string of the molecule is CC.COc1ccc(CNc2ncccc2CNC2CCN(C(=O)OC(C)(C)C)CC2)c(OC)c1.CS. The van der Waals surface area contributed by atoms with E-state index in [4.69, 9.17) is 14.2 Å². The van der Waals surface area contributed by atoms with Crippen LogP contribution in [-0.2, 0) is 17.8 Å². The van der Waals surface area contributed by atoms with Gasteiger partial charge in [-0.1, -0.05) is 19.9 Å². The number of carbonyl (C=O) groups excluding carboxylic acids is 1. The monoisotopic (exact) mass is 534 g/mol. The summed E-state index contributed by atoms with van der Waals surface area (Å²) in [5.74, 6) is 2.37. The number of hydrogen-bond donors (Lipinski definition) is 3. The predicted molar refractivity (Wildman–Crippen MR) is 155 cm³/mol. The highest BCUT2D eigenvalue weighted by molar-refractivity contribution is 7.79. The number of likely N-dealkylation sites (tertiary alicyclic amines) is 1. The van der Waals surface area contributed by atoms with E-state index in [2.05, 4.69) is 34.3 Å². The number of amides is 1. The third kappa shape index (κ3) is 11.1. The summed E-state index contributed by atoms with van der Waals surface area (Å²) >= 11 is 3.53. The third-order valence-electron chi connectivity index (χ3n) is 5.56. The van der Waals surface area contributed by atoms with Crippen LogP contribution in [0, 0.1) is 0 Å². The van der Waals surface area contributed by atoms with Crippen molar-refractivity contribution in [1.82, 2.24) is 15.2 Å². The van der Waals surface area contributed by atoms with Crippen LogP contribution in [0.25, 0.3) is 0 Å². The van der Waals surface area contributed by atoms with Crippen molar-refractivity contribution in [2.75, 3.05) is 38.9 Å². The highest BCUT2D eigenvalue weighted by Gasteiger charge is 2.26. The first-order valence-corrected chi connectivity index (χ1v) is 13.7. The molecule has 1 aromatic heterocycles. The van der Waals surface area contributed by atoms with Gasteiger partial charge in [0, 0.05) is 55.6 Å². The molecule has 0 bridgehead atoms. The number of ether oxygens (including phenoxy) is 3. The van der Waals surface area contributed by atoms with Gasteiger partial charge in [0.2, 0.25) is 0 Å². The molecule has 1 fully saturated rings. The Kier molecular flexibility index (Phi) is 14.9. The minimum atomic E-state index is -0.467. The number of thiol groups is 1. The van der Waals surface area contributed by atoms with Gasteiger partial charge >= 0.3 is 6.09 Å². The summed E-state index contributed by atoms with van der Waals surface area (Å²) in [5, 5.41) is 7.05. The van der Waals surface area contributed by atoms with E-state index in [1.807, 2.05) is 58.9 Å². The summed E-state index contributed by atoms with van der Waals surface area (Å²) < 4.78 is 16.3. The number of nitrogens with one attached hydrogen (secondary N) is 2. The number of nitrogens with zero attached hydrogens (tertiary/aromatic N) is 2. The second-order valence-electron chi connectivity index (χ2n) is 9.17. The molecule has 1 aromatic carbocycles. The van der Waals surface area contributed by atoms with E-state index in [1.54, 1.807) is 31.6 Å². The number of hydrogen-bond acceptors (Lipinski definition) is 8. The summed E-state index contributed by atoms with van der Waals surface area (Å²) in [6.45, 7) is 12.4. The fourth-order valence-corrected chi connectivity index (χ4v) is 3.76. The van der Waals surface area contributed by atoms with Crippen LogP contribution in [-0.4, -0.2) is 61.2 Å². The van der Waals surface area contributed by atoms with Gasteiger partial charge in [-0.05, 0) is 58.1 Å². The lowest BCUT2D eigenvalue weighted by Gasteiger charge is -2.33. The van der Waals surface area contributed by atoms with Crippen molar-refractivity contribution in [3.63, 3.8) is 0 Å². The van der Waals surface area contributed by atoms with Gasteiger partial charge in [0.25, 0.3) is 0 Å². The molecule has 2 heterocycles. The van der Waals surface area contributed by atoms with Crippen LogP contribution in [0.1, 0.15) is 58.6 Å². The van der Waals surface area contributed by atoms with Crippen LogP contribution in [0.5, 0.6) is 11.5 Å². The van der Waals surface area contributed by atoms with Crippen molar-refractivity contribution >= 4 is 24.5 Å². The van der Waals surface area contributed by atoms with Crippen molar-refractivity contribution in [3.8, 4) is 11.5 Å². The average molecular weight is 535 g/mol. The van der Waals surface area contributed by atoms with E-state index in [0.717, 1.165) is 41.3 Å². The fourth-order valence-electron chi connectivity index (χ4n) is 3.76. The second kappa shape index (κ2) is 17.0. The number of benzene rings is 1. The molecule has 0 aliphatic carbocycles. The van der Waals surface area contributed by atoms with Gasteiger partial charge in [0.05, 0.1) is 14.2 Å². The zero-order chi connectivity index (χ0) is 27.8. The van der Waals surface area contributed by atoms with Gasteiger partial charge in [-0.25, -0.2) is 9.78 Å². The molecular weight excluding hydrogens is 488 g/mol. The lowest BCUT2D eigenvalue weighted by atomic mass is 10.0. The number of anilines is 1. The molecule has 2 N–H and O–H groups in total. The van der Waals surface area contributed by atoms with Crippen LogP contribution in [0.2, 0.25) is 0 Å². The number of rotatable bonds is 8. The van der Waals surface area contributed by atoms with Crippen molar-refractivity contribution < 1.29 is 19.0 Å². The van der Waals surface area contributed by atoms with Gasteiger partial charge < -0.3 is 29.7 Å². The highest BCUT2D eigenvalue weighted by Crippen LogP contribution is 2.25. The highest BCUT2D eigenvalue weighted by atomic mass is 32.1. The zero-order valence-electron chi connectivity index (χ0n) is 23.8. The summed E-state index contributed by atoms with van der Waals surface area (Å²) in [4.78, 5) is 18.6. The summed E-state index contributed by atoms with van der Waals surface area (Å²) in [6, 6.07) is 10.2. The molecule has 8 nitrogen and oxygen atoms in total. The summed E-state index contributed by atoms with van der Waals surface area (Å²) in [7, 11) is 3.30. The van der Waals surface area contributed by atoms with Crippen molar-refractivity contribution in [3.05, 3.63) is 47.7 Å². The number of piperidine rings is 1. The van der Waals surface area contributed by atoms with Crippen LogP contribution < -0.4 is 20.1 Å². The van der Waals surface area contributed by atoms with E-state index in [9.17, 15) is 4.79 Å². The van der Waals surface area contributed by atoms with Crippen LogP contribution >= 0.6 is 12.6 Å². The Morgan fingerprint density at radius 1 is 1.05 bits per heavy atom. The maximum absolute atomic E-state index is 12.3. The molecule has 1 aliphatic rings. The number of carbonyl (C=O) groups is 1. The first kappa shape index (κ1) is 32.4. The third-order valence-corrected chi connectivity index (χ3v) is 5.56. The van der Waals surface area contributed by atoms with Crippen LogP contribution in [0.15, 0.2) is 36.5 Å². The van der Waals surface area contributed by atoms with Crippen molar-refractivity contribution in [1.29, 1.82) is 0 Å². The summed E-state index contributed by atoms with van der Waals surface area (Å²) in [5.41, 5.74) is 1.66. The Bertz CT molecular complexity index is 929. The Hall–Kier alpha value is -2.65. The largest absolute Gasteiger partial charge is 0.497 e.